The van der Waals surface area contributed by atoms with Crippen molar-refractivity contribution in [1.82, 2.24) is 0 Å². The summed E-state index contributed by atoms with van der Waals surface area (Å²) in [5.41, 5.74) is 5.41. The number of benzene rings is 4. The molecule has 7 rings (SSSR count). The lowest BCUT2D eigenvalue weighted by Crippen LogP contribution is -2.48. The van der Waals surface area contributed by atoms with Gasteiger partial charge in [0, 0.05) is 17.5 Å². The van der Waals surface area contributed by atoms with Crippen molar-refractivity contribution in [3.8, 4) is 0 Å². The molecule has 4 aromatic carbocycles. The summed E-state index contributed by atoms with van der Waals surface area (Å²) >= 11 is 0. The molecule has 0 saturated carbocycles. The van der Waals surface area contributed by atoms with E-state index in [0.29, 0.717) is 0 Å². The minimum atomic E-state index is -0.811. The van der Waals surface area contributed by atoms with Crippen LogP contribution < -0.4 is 10.6 Å². The Hall–Kier alpha value is -3.22. The summed E-state index contributed by atoms with van der Waals surface area (Å²) in [6, 6.07) is 39.0. The maximum Gasteiger partial charge on any atom is 0.310 e. The van der Waals surface area contributed by atoms with Crippen molar-refractivity contribution in [3.63, 3.8) is 0 Å². The largest absolute Gasteiger partial charge is 0.469 e. The van der Waals surface area contributed by atoms with Crippen molar-refractivity contribution in [2.45, 2.75) is 17.5 Å². The molecule has 3 aliphatic carbocycles. The second-order valence-electron chi connectivity index (χ2n) is 8.79. The van der Waals surface area contributed by atoms with E-state index in [2.05, 4.69) is 109 Å². The van der Waals surface area contributed by atoms with Crippen molar-refractivity contribution in [3.05, 3.63) is 131 Å². The van der Waals surface area contributed by atoms with E-state index in [0.717, 1.165) is 0 Å². The van der Waals surface area contributed by atoms with Crippen LogP contribution in [0, 0.1) is 5.92 Å². The van der Waals surface area contributed by atoms with Crippen LogP contribution >= 0.6 is 7.92 Å². The minimum absolute atomic E-state index is 0.0114. The monoisotopic (exact) mass is 448 g/mol. The maximum absolute atomic E-state index is 13.5. The van der Waals surface area contributed by atoms with Gasteiger partial charge >= 0.3 is 5.97 Å². The van der Waals surface area contributed by atoms with Gasteiger partial charge in [0.05, 0.1) is 13.0 Å². The van der Waals surface area contributed by atoms with Crippen LogP contribution in [0.4, 0.5) is 0 Å². The van der Waals surface area contributed by atoms with E-state index in [9.17, 15) is 4.79 Å². The Morgan fingerprint density at radius 2 is 1.00 bits per heavy atom. The first-order chi connectivity index (χ1) is 16.3. The minimum Gasteiger partial charge on any atom is -0.469 e. The summed E-state index contributed by atoms with van der Waals surface area (Å²) in [6.45, 7) is 0. The number of rotatable bonds is 4. The Kier molecular flexibility index (Phi) is 5.12. The van der Waals surface area contributed by atoms with Crippen LogP contribution in [0.5, 0.6) is 0 Å². The highest BCUT2D eigenvalue weighted by Gasteiger charge is 2.55. The van der Waals surface area contributed by atoms with Crippen molar-refractivity contribution in [2.24, 2.45) is 5.92 Å². The summed E-state index contributed by atoms with van der Waals surface area (Å²) < 4.78 is 5.50. The maximum atomic E-state index is 13.5. The Balaban J connectivity index is 1.65. The van der Waals surface area contributed by atoms with Gasteiger partial charge in [0.1, 0.15) is 0 Å². The Labute approximate surface area is 196 Å². The zero-order chi connectivity index (χ0) is 22.4. The third-order valence-electron chi connectivity index (χ3n) is 7.24. The molecular weight excluding hydrogens is 423 g/mol. The van der Waals surface area contributed by atoms with Gasteiger partial charge in [0.2, 0.25) is 0 Å². The third-order valence-corrected chi connectivity index (χ3v) is 10.2. The number of fused-ring (bicyclic) bond motifs is 1. The molecule has 0 N–H and O–H groups in total. The second-order valence-corrected chi connectivity index (χ2v) is 11.2. The van der Waals surface area contributed by atoms with Gasteiger partial charge in [-0.3, -0.25) is 4.79 Å². The van der Waals surface area contributed by atoms with E-state index in [1.807, 2.05) is 0 Å². The van der Waals surface area contributed by atoms with Gasteiger partial charge in [-0.2, -0.15) is 0 Å². The number of esters is 1. The van der Waals surface area contributed by atoms with Gasteiger partial charge < -0.3 is 4.74 Å². The molecule has 2 nitrogen and oxygen atoms in total. The molecule has 2 unspecified atom stereocenters. The van der Waals surface area contributed by atoms with E-state index < -0.39 is 7.92 Å². The van der Waals surface area contributed by atoms with Gasteiger partial charge in [-0.1, -0.05) is 109 Å². The molecule has 3 aliphatic rings. The lowest BCUT2D eigenvalue weighted by Gasteiger charge is -2.52. The lowest BCUT2D eigenvalue weighted by atomic mass is 9.59. The van der Waals surface area contributed by atoms with E-state index in [1.165, 1.54) is 40.0 Å². The van der Waals surface area contributed by atoms with E-state index in [4.69, 9.17) is 4.74 Å². The fraction of sp³-hybridized carbons (Fsp3) is 0.167. The van der Waals surface area contributed by atoms with Crippen LogP contribution in [0.15, 0.2) is 109 Å². The summed E-state index contributed by atoms with van der Waals surface area (Å²) in [7, 11) is 0.724. The van der Waals surface area contributed by atoms with Gasteiger partial charge in [0.25, 0.3) is 0 Å². The van der Waals surface area contributed by atoms with Crippen molar-refractivity contribution in [2.75, 3.05) is 7.11 Å². The first kappa shape index (κ1) is 20.4. The third kappa shape index (κ3) is 3.16. The molecule has 0 aliphatic heterocycles. The molecule has 2 bridgehead atoms. The van der Waals surface area contributed by atoms with E-state index in [-0.39, 0.29) is 29.4 Å². The summed E-state index contributed by atoms with van der Waals surface area (Å²) in [4.78, 5) is 13.5. The molecule has 0 amide bonds. The fourth-order valence-electron chi connectivity index (χ4n) is 6.04. The molecule has 0 spiro atoms. The smallest absolute Gasteiger partial charge is 0.310 e. The number of methoxy groups -OCH3 is 1. The number of carbonyl (C=O) groups is 1. The van der Waals surface area contributed by atoms with Crippen LogP contribution in [0.2, 0.25) is 0 Å². The zero-order valence-corrected chi connectivity index (χ0v) is 19.4. The zero-order valence-electron chi connectivity index (χ0n) is 18.5. The molecule has 0 heterocycles. The Morgan fingerprint density at radius 1 is 0.606 bits per heavy atom. The van der Waals surface area contributed by atoms with Crippen LogP contribution in [-0.4, -0.2) is 18.7 Å². The molecule has 162 valence electrons. The Morgan fingerprint density at radius 3 is 1.42 bits per heavy atom. The van der Waals surface area contributed by atoms with Crippen LogP contribution in [0.3, 0.4) is 0 Å². The summed E-state index contributed by atoms with van der Waals surface area (Å²) in [5.74, 6) is -0.162. The normalized spacial score (nSPS) is 22.5. The standard InChI is InChI=1S/C30H25O2P/c1-32-30(31)28-26-22-16-8-10-18-24(22)27(25-19-11-9-17-23(25)26)29(28)33(20-12-4-2-5-13-20)21-14-6-3-7-15-21/h2-19,26-29H,1H3. The van der Waals surface area contributed by atoms with Crippen molar-refractivity contribution in [1.29, 1.82) is 0 Å². The highest BCUT2D eigenvalue weighted by atomic mass is 31.1. The molecule has 2 atom stereocenters. The molecule has 0 fully saturated rings. The molecule has 33 heavy (non-hydrogen) atoms. The predicted octanol–water partition coefficient (Wildman–Crippen LogP) is 5.57. The first-order valence-corrected chi connectivity index (χ1v) is 12.9. The average Bonchev–Trinajstić information content (AvgIpc) is 2.89. The van der Waals surface area contributed by atoms with E-state index in [1.54, 1.807) is 0 Å². The predicted molar refractivity (Wildman–Crippen MR) is 135 cm³/mol. The summed E-state index contributed by atoms with van der Waals surface area (Å²) in [6.07, 6.45) is 0. The Bertz CT molecular complexity index is 1210. The topological polar surface area (TPSA) is 26.3 Å². The lowest BCUT2D eigenvalue weighted by molar-refractivity contribution is -0.146. The number of hydrogen-bond donors (Lipinski definition) is 0. The van der Waals surface area contributed by atoms with E-state index >= 15 is 0 Å². The van der Waals surface area contributed by atoms with Crippen LogP contribution in [0.25, 0.3) is 0 Å². The van der Waals surface area contributed by atoms with Crippen LogP contribution in [-0.2, 0) is 9.53 Å². The number of carbonyl (C=O) groups excluding carboxylic acids is 1. The number of ether oxygens (including phenoxy) is 1. The van der Waals surface area contributed by atoms with Crippen molar-refractivity contribution >= 4 is 24.5 Å². The quantitative estimate of drug-likeness (QED) is 0.302. The molecule has 0 radical (unpaired) electrons. The van der Waals surface area contributed by atoms with Gasteiger partial charge in [-0.25, -0.2) is 0 Å². The SMILES string of the molecule is COC(=O)C1C2c3ccccc3C(c3ccccc32)C1P(c1ccccc1)c1ccccc1. The van der Waals surface area contributed by atoms with Gasteiger partial charge in [0.15, 0.2) is 0 Å². The highest BCUT2D eigenvalue weighted by molar-refractivity contribution is 7.73. The molecule has 4 aromatic rings. The highest BCUT2D eigenvalue weighted by Crippen LogP contribution is 2.64. The molecule has 0 aromatic heterocycles. The van der Waals surface area contributed by atoms with Crippen molar-refractivity contribution < 1.29 is 9.53 Å². The molecule has 3 heteroatoms. The number of hydrogen-bond acceptors (Lipinski definition) is 2. The fourth-order valence-corrected chi connectivity index (χ4v) is 9.25. The van der Waals surface area contributed by atoms with Gasteiger partial charge in [-0.15, -0.1) is 0 Å². The first-order valence-electron chi connectivity index (χ1n) is 11.4. The molecular formula is C30H25O2P. The average molecular weight is 449 g/mol. The van der Waals surface area contributed by atoms with Crippen LogP contribution in [0.1, 0.15) is 34.1 Å². The van der Waals surface area contributed by atoms with Gasteiger partial charge in [-0.05, 0) is 40.8 Å². The molecule has 0 saturated heterocycles. The second kappa shape index (κ2) is 8.28. The summed E-state index contributed by atoms with van der Waals surface area (Å²) in [5, 5.41) is 2.61.